The van der Waals surface area contributed by atoms with E-state index in [1.807, 2.05) is 12.4 Å². The van der Waals surface area contributed by atoms with E-state index in [4.69, 9.17) is 4.98 Å². The molecule has 0 spiro atoms. The Bertz CT molecular complexity index is 1280. The van der Waals surface area contributed by atoms with E-state index in [1.54, 1.807) is 0 Å². The van der Waals surface area contributed by atoms with Crippen LogP contribution < -0.4 is 15.9 Å². The van der Waals surface area contributed by atoms with Crippen LogP contribution in [0.3, 0.4) is 0 Å². The summed E-state index contributed by atoms with van der Waals surface area (Å²) in [6, 6.07) is 30.3. The van der Waals surface area contributed by atoms with Crippen molar-refractivity contribution in [2.75, 3.05) is 0 Å². The van der Waals surface area contributed by atoms with Crippen LogP contribution in [-0.2, 0) is 6.54 Å². The molecule has 0 saturated heterocycles. The minimum atomic E-state index is -0.769. The molecule has 0 amide bonds. The first kappa shape index (κ1) is 23.1. The van der Waals surface area contributed by atoms with Gasteiger partial charge in [-0.25, -0.2) is 4.98 Å². The van der Waals surface area contributed by atoms with Crippen molar-refractivity contribution in [1.82, 2.24) is 14.9 Å². The normalized spacial score (nSPS) is 17.8. The van der Waals surface area contributed by atoms with Gasteiger partial charge < -0.3 is 9.88 Å². The van der Waals surface area contributed by atoms with Gasteiger partial charge in [-0.05, 0) is 41.9 Å². The van der Waals surface area contributed by atoms with Crippen molar-refractivity contribution in [1.29, 1.82) is 0 Å². The smallest absolute Gasteiger partial charge is 0.0952 e. The van der Waals surface area contributed by atoms with Crippen LogP contribution in [0, 0.1) is 0 Å². The summed E-state index contributed by atoms with van der Waals surface area (Å²) in [5.74, 6) is 0.139. The van der Waals surface area contributed by atoms with E-state index in [9.17, 15) is 0 Å². The molecule has 2 heterocycles. The average molecular weight is 476 g/mol. The fourth-order valence-corrected chi connectivity index (χ4v) is 7.75. The lowest BCUT2D eigenvalue weighted by molar-refractivity contribution is 0.522. The van der Waals surface area contributed by atoms with Gasteiger partial charge in [0.2, 0.25) is 0 Å². The van der Waals surface area contributed by atoms with Crippen LogP contribution >= 0.6 is 7.92 Å². The molecule has 174 valence electrons. The molecule has 2 unspecified atom stereocenters. The molecule has 1 aliphatic heterocycles. The van der Waals surface area contributed by atoms with Gasteiger partial charge in [-0.1, -0.05) is 117 Å². The average Bonchev–Trinajstić information content (AvgIpc) is 3.39. The summed E-state index contributed by atoms with van der Waals surface area (Å²) in [6.07, 6.45) is 14.7. The molecule has 0 saturated carbocycles. The third-order valence-corrected chi connectivity index (χ3v) is 9.64. The molecule has 3 aromatic carbocycles. The summed E-state index contributed by atoms with van der Waals surface area (Å²) in [5, 5.41) is 6.18. The molecule has 0 aliphatic carbocycles. The zero-order chi connectivity index (χ0) is 24.1. The highest BCUT2D eigenvalue weighted by Gasteiger charge is 2.44. The maximum Gasteiger partial charge on any atom is 0.0952 e. The van der Waals surface area contributed by atoms with Crippen molar-refractivity contribution in [2.45, 2.75) is 24.7 Å². The van der Waals surface area contributed by atoms with Crippen molar-refractivity contribution in [3.8, 4) is 0 Å². The van der Waals surface area contributed by atoms with Gasteiger partial charge in [-0.2, -0.15) is 0 Å². The van der Waals surface area contributed by atoms with Crippen molar-refractivity contribution in [2.24, 2.45) is 0 Å². The Labute approximate surface area is 209 Å². The maximum absolute atomic E-state index is 4.90. The fraction of sp³-hybridized carbons (Fsp3) is 0.129. The molecule has 1 N–H and O–H groups in total. The first-order chi connectivity index (χ1) is 17.2. The number of allylic oxidation sites excluding steroid dienone is 2. The minimum absolute atomic E-state index is 0.139. The number of imidazole rings is 1. The van der Waals surface area contributed by atoms with Crippen LogP contribution in [-0.4, -0.2) is 14.8 Å². The Morgan fingerprint density at radius 1 is 0.943 bits per heavy atom. The molecule has 0 radical (unpaired) electrons. The first-order valence-corrected chi connectivity index (χ1v) is 13.3. The zero-order valence-electron chi connectivity index (χ0n) is 20.0. The highest BCUT2D eigenvalue weighted by molar-refractivity contribution is 7.74. The molecule has 3 nitrogen and oxygen atoms in total. The topological polar surface area (TPSA) is 29.9 Å². The molecule has 0 bridgehead atoms. The Morgan fingerprint density at radius 3 is 2.17 bits per heavy atom. The monoisotopic (exact) mass is 475 g/mol. The van der Waals surface area contributed by atoms with Gasteiger partial charge >= 0.3 is 0 Å². The van der Waals surface area contributed by atoms with Crippen molar-refractivity contribution in [3.63, 3.8) is 0 Å². The quantitative estimate of drug-likeness (QED) is 0.309. The van der Waals surface area contributed by atoms with E-state index in [2.05, 4.69) is 139 Å². The molecule has 1 aromatic heterocycles. The van der Waals surface area contributed by atoms with Crippen molar-refractivity contribution < 1.29 is 0 Å². The second-order valence-electron chi connectivity index (χ2n) is 8.83. The molecular formula is C31H30N3P. The summed E-state index contributed by atoms with van der Waals surface area (Å²) in [4.78, 5) is 4.90. The highest BCUT2D eigenvalue weighted by Crippen LogP contribution is 2.54. The minimum Gasteiger partial charge on any atom is -0.377 e. The van der Waals surface area contributed by atoms with E-state index in [0.29, 0.717) is 0 Å². The number of rotatable bonds is 8. The number of hydrogen-bond acceptors (Lipinski definition) is 2. The zero-order valence-corrected chi connectivity index (χ0v) is 20.9. The van der Waals surface area contributed by atoms with Gasteiger partial charge in [0.15, 0.2) is 0 Å². The number of nitrogens with zero attached hydrogens (tertiary/aromatic N) is 2. The molecule has 5 rings (SSSR count). The van der Waals surface area contributed by atoms with E-state index in [-0.39, 0.29) is 11.2 Å². The molecule has 2 atom stereocenters. The second-order valence-corrected chi connectivity index (χ2v) is 11.3. The summed E-state index contributed by atoms with van der Waals surface area (Å²) in [5.41, 5.74) is 3.46. The van der Waals surface area contributed by atoms with Gasteiger partial charge in [-0.3, -0.25) is 0 Å². The number of benzene rings is 3. The third kappa shape index (κ3) is 4.78. The van der Waals surface area contributed by atoms with Crippen LogP contribution in [0.1, 0.15) is 29.7 Å². The number of aromatic nitrogens is 2. The number of hydrogen-bond donors (Lipinski definition) is 1. The molecule has 4 aromatic rings. The van der Waals surface area contributed by atoms with Gasteiger partial charge in [0, 0.05) is 18.7 Å². The Hall–Kier alpha value is -3.68. The van der Waals surface area contributed by atoms with Crippen LogP contribution in [0.2, 0.25) is 0 Å². The first-order valence-electron chi connectivity index (χ1n) is 11.9. The van der Waals surface area contributed by atoms with Crippen molar-refractivity contribution in [3.05, 3.63) is 145 Å². The van der Waals surface area contributed by atoms with E-state index < -0.39 is 7.92 Å². The number of nitrogens with one attached hydrogen (secondary N) is 1. The second kappa shape index (κ2) is 10.3. The Kier molecular flexibility index (Phi) is 6.79. The third-order valence-electron chi connectivity index (χ3n) is 6.61. The predicted molar refractivity (Wildman–Crippen MR) is 149 cm³/mol. The largest absolute Gasteiger partial charge is 0.377 e. The van der Waals surface area contributed by atoms with E-state index >= 15 is 0 Å². The molecule has 4 heteroatoms. The van der Waals surface area contributed by atoms with Crippen LogP contribution in [0.4, 0.5) is 0 Å². The lowest BCUT2D eigenvalue weighted by Crippen LogP contribution is -2.48. The Balaban J connectivity index is 1.52. The Morgan fingerprint density at radius 2 is 1.60 bits per heavy atom. The lowest BCUT2D eigenvalue weighted by Gasteiger charge is -2.45. The van der Waals surface area contributed by atoms with Crippen LogP contribution in [0.15, 0.2) is 128 Å². The van der Waals surface area contributed by atoms with Crippen LogP contribution in [0.5, 0.6) is 0 Å². The fourth-order valence-electron chi connectivity index (χ4n) is 4.70. The molecule has 1 aliphatic rings. The lowest BCUT2D eigenvalue weighted by atomic mass is 9.96. The van der Waals surface area contributed by atoms with Gasteiger partial charge in [0.1, 0.15) is 0 Å². The molecule has 35 heavy (non-hydrogen) atoms. The molecular weight excluding hydrogens is 445 g/mol. The van der Waals surface area contributed by atoms with Crippen molar-refractivity contribution >= 4 is 24.6 Å². The van der Waals surface area contributed by atoms with Gasteiger partial charge in [0.05, 0.1) is 17.3 Å². The van der Waals surface area contributed by atoms with Gasteiger partial charge in [0.25, 0.3) is 0 Å². The summed E-state index contributed by atoms with van der Waals surface area (Å²) >= 11 is 0. The number of dihydropyridines is 1. The van der Waals surface area contributed by atoms with E-state index in [1.165, 1.54) is 16.2 Å². The van der Waals surface area contributed by atoms with Gasteiger partial charge in [-0.15, -0.1) is 0 Å². The SMILES string of the molecule is C=Cc1ccc(Cn2cnc(C(C)C3(P(c4ccccc4)c4ccccc4)C=CC=CN3)c2)cc1. The predicted octanol–water partition coefficient (Wildman–Crippen LogP) is 6.18. The highest BCUT2D eigenvalue weighted by atomic mass is 31.1. The summed E-state index contributed by atoms with van der Waals surface area (Å²) in [6.45, 7) is 6.93. The summed E-state index contributed by atoms with van der Waals surface area (Å²) in [7, 11) is -0.769. The summed E-state index contributed by atoms with van der Waals surface area (Å²) < 4.78 is 2.18. The standard InChI is InChI=1S/C31H30N3P/c1-3-26-16-18-27(19-17-26)22-34-23-30(32-24-34)25(2)31(20-10-11-21-33-31)35(28-12-6-4-7-13-28)29-14-8-5-9-15-29/h3-21,23-25,33H,1,22H2,2H3. The van der Waals surface area contributed by atoms with E-state index in [0.717, 1.165) is 17.8 Å². The maximum atomic E-state index is 4.90. The molecule has 0 fully saturated rings. The van der Waals surface area contributed by atoms with Crippen LogP contribution in [0.25, 0.3) is 6.08 Å².